The van der Waals surface area contributed by atoms with Crippen molar-refractivity contribution in [2.24, 2.45) is 7.05 Å². The molecule has 2 aromatic heterocycles. The molecule has 4 rings (SSSR count). The Morgan fingerprint density at radius 2 is 1.93 bits per heavy atom. The Kier molecular flexibility index (Phi) is 5.43. The van der Waals surface area contributed by atoms with Crippen LogP contribution in [0.4, 0.5) is 5.69 Å². The molecule has 0 saturated heterocycles. The van der Waals surface area contributed by atoms with E-state index in [9.17, 15) is 4.79 Å². The number of nitrogens with one attached hydrogen (secondary N) is 1. The zero-order chi connectivity index (χ0) is 19.3. The molecule has 1 aromatic carbocycles. The Bertz CT molecular complexity index is 977. The van der Waals surface area contributed by atoms with Crippen LogP contribution in [-0.4, -0.2) is 44.6 Å². The minimum absolute atomic E-state index is 0.132. The molecule has 1 aliphatic rings. The fourth-order valence-electron chi connectivity index (χ4n) is 2.76. The van der Waals surface area contributed by atoms with Crippen LogP contribution in [0.2, 0.25) is 0 Å². The largest absolute Gasteiger partial charge is 0.490 e. The van der Waals surface area contributed by atoms with Gasteiger partial charge < -0.3 is 19.4 Å². The molecule has 144 valence electrons. The predicted molar refractivity (Wildman–Crippen MR) is 106 cm³/mol. The van der Waals surface area contributed by atoms with E-state index in [-0.39, 0.29) is 11.7 Å². The van der Waals surface area contributed by atoms with Gasteiger partial charge in [0.25, 0.3) is 0 Å². The van der Waals surface area contributed by atoms with Crippen LogP contribution < -0.4 is 14.8 Å². The molecule has 0 saturated carbocycles. The minimum atomic E-state index is -0.132. The smallest absolute Gasteiger partial charge is 0.234 e. The second-order valence-electron chi connectivity index (χ2n) is 6.15. The summed E-state index contributed by atoms with van der Waals surface area (Å²) in [5.74, 6) is 2.17. The van der Waals surface area contributed by atoms with E-state index in [1.165, 1.54) is 11.8 Å². The summed E-state index contributed by atoms with van der Waals surface area (Å²) in [5.41, 5.74) is 1.60. The molecular formula is C19H19N5O3S. The number of thioether (sulfide) groups is 1. The summed E-state index contributed by atoms with van der Waals surface area (Å²) in [6.07, 6.45) is 4.26. The average molecular weight is 397 g/mol. The zero-order valence-corrected chi connectivity index (χ0v) is 16.1. The molecule has 0 radical (unpaired) electrons. The first-order valence-electron chi connectivity index (χ1n) is 8.83. The van der Waals surface area contributed by atoms with Crippen LogP contribution in [0, 0.1) is 0 Å². The van der Waals surface area contributed by atoms with E-state index >= 15 is 0 Å². The number of nitrogens with zero attached hydrogens (tertiary/aromatic N) is 4. The third kappa shape index (κ3) is 4.09. The number of aromatic nitrogens is 4. The van der Waals surface area contributed by atoms with Gasteiger partial charge in [-0.15, -0.1) is 10.2 Å². The summed E-state index contributed by atoms with van der Waals surface area (Å²) in [5, 5.41) is 11.9. The molecule has 9 heteroatoms. The van der Waals surface area contributed by atoms with E-state index in [2.05, 4.69) is 20.5 Å². The first-order valence-corrected chi connectivity index (χ1v) is 9.81. The van der Waals surface area contributed by atoms with Crippen LogP contribution in [0.5, 0.6) is 11.5 Å². The number of pyridine rings is 1. The maximum absolute atomic E-state index is 12.3. The molecule has 1 aliphatic heterocycles. The molecule has 0 aliphatic carbocycles. The van der Waals surface area contributed by atoms with Crippen LogP contribution in [0.15, 0.2) is 47.9 Å². The number of fused-ring (bicyclic) bond motifs is 1. The second kappa shape index (κ2) is 8.30. The van der Waals surface area contributed by atoms with Crippen LogP contribution in [-0.2, 0) is 11.8 Å². The van der Waals surface area contributed by atoms with E-state index in [1.807, 2.05) is 29.8 Å². The van der Waals surface area contributed by atoms with Gasteiger partial charge in [-0.05, 0) is 24.3 Å². The third-order valence-corrected chi connectivity index (χ3v) is 5.16. The number of amides is 1. The van der Waals surface area contributed by atoms with Gasteiger partial charge in [-0.3, -0.25) is 9.78 Å². The lowest BCUT2D eigenvalue weighted by molar-refractivity contribution is -0.113. The van der Waals surface area contributed by atoms with E-state index < -0.39 is 0 Å². The minimum Gasteiger partial charge on any atom is -0.490 e. The maximum atomic E-state index is 12.3. The molecule has 0 spiro atoms. The fraction of sp³-hybridized carbons (Fsp3) is 0.263. The molecule has 8 nitrogen and oxygen atoms in total. The predicted octanol–water partition coefficient (Wildman–Crippen LogP) is 2.77. The summed E-state index contributed by atoms with van der Waals surface area (Å²) in [7, 11) is 1.87. The summed E-state index contributed by atoms with van der Waals surface area (Å²) < 4.78 is 13.1. The molecule has 1 amide bonds. The van der Waals surface area contributed by atoms with Gasteiger partial charge >= 0.3 is 0 Å². The lowest BCUT2D eigenvalue weighted by Gasteiger charge is -2.10. The van der Waals surface area contributed by atoms with Gasteiger partial charge in [0.1, 0.15) is 0 Å². The van der Waals surface area contributed by atoms with Gasteiger partial charge in [0.05, 0.1) is 19.0 Å². The number of rotatable bonds is 5. The number of anilines is 1. The molecule has 3 aromatic rings. The van der Waals surface area contributed by atoms with Crippen molar-refractivity contribution in [2.45, 2.75) is 11.6 Å². The van der Waals surface area contributed by atoms with Gasteiger partial charge in [-0.1, -0.05) is 11.8 Å². The summed E-state index contributed by atoms with van der Waals surface area (Å²) in [4.78, 5) is 16.3. The van der Waals surface area contributed by atoms with Crippen molar-refractivity contribution in [1.29, 1.82) is 0 Å². The molecule has 0 unspecified atom stereocenters. The SMILES string of the molecule is Cn1c(SCC(=O)Nc2ccc3c(c2)OCCCO3)nnc1-c1ccncc1. The summed E-state index contributed by atoms with van der Waals surface area (Å²) in [6, 6.07) is 9.14. The van der Waals surface area contributed by atoms with Crippen molar-refractivity contribution < 1.29 is 14.3 Å². The Labute approximate surface area is 166 Å². The van der Waals surface area contributed by atoms with E-state index in [4.69, 9.17) is 9.47 Å². The van der Waals surface area contributed by atoms with Gasteiger partial charge in [0.15, 0.2) is 22.5 Å². The van der Waals surface area contributed by atoms with Crippen LogP contribution in [0.3, 0.4) is 0 Å². The first kappa shape index (κ1) is 18.3. The van der Waals surface area contributed by atoms with Crippen molar-refractivity contribution in [2.75, 3.05) is 24.3 Å². The standard InChI is InChI=1S/C19H19N5O3S/c1-24-18(13-5-7-20-8-6-13)22-23-19(24)28-12-17(25)21-14-3-4-15-16(11-14)27-10-2-9-26-15/h3-8,11H,2,9-10,12H2,1H3,(H,21,25). The normalized spacial score (nSPS) is 13.0. The van der Waals surface area contributed by atoms with Crippen molar-refractivity contribution in [3.8, 4) is 22.9 Å². The van der Waals surface area contributed by atoms with E-state index in [0.717, 1.165) is 17.8 Å². The molecule has 1 N–H and O–H groups in total. The second-order valence-corrected chi connectivity index (χ2v) is 7.09. The lowest BCUT2D eigenvalue weighted by atomic mass is 10.2. The van der Waals surface area contributed by atoms with Crippen LogP contribution >= 0.6 is 11.8 Å². The van der Waals surface area contributed by atoms with Crippen LogP contribution in [0.25, 0.3) is 11.4 Å². The van der Waals surface area contributed by atoms with Gasteiger partial charge in [0, 0.05) is 43.2 Å². The Morgan fingerprint density at radius 1 is 1.14 bits per heavy atom. The van der Waals surface area contributed by atoms with E-state index in [1.54, 1.807) is 24.5 Å². The van der Waals surface area contributed by atoms with Gasteiger partial charge in [0.2, 0.25) is 5.91 Å². The summed E-state index contributed by atoms with van der Waals surface area (Å²) >= 11 is 1.33. The molecule has 0 atom stereocenters. The number of carbonyl (C=O) groups is 1. The molecule has 3 heterocycles. The van der Waals surface area contributed by atoms with Crippen molar-refractivity contribution >= 4 is 23.4 Å². The molecule has 0 fully saturated rings. The van der Waals surface area contributed by atoms with Crippen LogP contribution in [0.1, 0.15) is 6.42 Å². The van der Waals surface area contributed by atoms with Crippen molar-refractivity contribution in [1.82, 2.24) is 19.7 Å². The number of hydrogen-bond donors (Lipinski definition) is 1. The average Bonchev–Trinajstić information content (AvgIpc) is 2.92. The van der Waals surface area contributed by atoms with Gasteiger partial charge in [-0.25, -0.2) is 0 Å². The third-order valence-electron chi connectivity index (χ3n) is 4.14. The number of ether oxygens (including phenoxy) is 2. The molecule has 0 bridgehead atoms. The van der Waals surface area contributed by atoms with E-state index in [0.29, 0.717) is 35.6 Å². The molecular weight excluding hydrogens is 378 g/mol. The number of carbonyl (C=O) groups excluding carboxylic acids is 1. The quantitative estimate of drug-likeness (QED) is 0.662. The number of benzene rings is 1. The van der Waals surface area contributed by atoms with Crippen molar-refractivity contribution in [3.05, 3.63) is 42.7 Å². The Hall–Kier alpha value is -3.07. The Balaban J connectivity index is 1.38. The highest BCUT2D eigenvalue weighted by Gasteiger charge is 2.14. The fourth-order valence-corrected chi connectivity index (χ4v) is 3.47. The number of hydrogen-bond acceptors (Lipinski definition) is 7. The highest BCUT2D eigenvalue weighted by Crippen LogP contribution is 2.32. The zero-order valence-electron chi connectivity index (χ0n) is 15.3. The highest BCUT2D eigenvalue weighted by atomic mass is 32.2. The topological polar surface area (TPSA) is 91.2 Å². The van der Waals surface area contributed by atoms with Gasteiger partial charge in [-0.2, -0.15) is 0 Å². The monoisotopic (exact) mass is 397 g/mol. The highest BCUT2D eigenvalue weighted by molar-refractivity contribution is 7.99. The Morgan fingerprint density at radius 3 is 2.75 bits per heavy atom. The first-order chi connectivity index (χ1) is 13.7. The lowest BCUT2D eigenvalue weighted by Crippen LogP contribution is -2.14. The van der Waals surface area contributed by atoms with Crippen molar-refractivity contribution in [3.63, 3.8) is 0 Å². The molecule has 28 heavy (non-hydrogen) atoms. The maximum Gasteiger partial charge on any atom is 0.234 e. The summed E-state index contributed by atoms with van der Waals surface area (Å²) in [6.45, 7) is 1.24.